The highest BCUT2D eigenvalue weighted by Gasteiger charge is 2.27. The number of carbonyl (C=O) groups is 1. The van der Waals surface area contributed by atoms with Gasteiger partial charge in [-0.1, -0.05) is 13.8 Å². The molecule has 1 aromatic heterocycles. The Labute approximate surface area is 176 Å². The maximum atomic E-state index is 13.0. The summed E-state index contributed by atoms with van der Waals surface area (Å²) < 4.78 is 2.28. The lowest BCUT2D eigenvalue weighted by Gasteiger charge is -2.33. The second-order valence-corrected chi connectivity index (χ2v) is 9.24. The summed E-state index contributed by atoms with van der Waals surface area (Å²) >= 11 is 0. The zero-order valence-electron chi connectivity index (χ0n) is 18.6. The van der Waals surface area contributed by atoms with Crippen molar-refractivity contribution in [2.45, 2.75) is 59.9 Å². The van der Waals surface area contributed by atoms with Crippen LogP contribution in [-0.2, 0) is 11.3 Å². The Morgan fingerprint density at radius 1 is 1.21 bits per heavy atom. The van der Waals surface area contributed by atoms with E-state index in [2.05, 4.69) is 49.3 Å². The molecule has 0 spiro atoms. The summed E-state index contributed by atoms with van der Waals surface area (Å²) in [5.74, 6) is 1.12. The third kappa shape index (κ3) is 5.30. The molecular weight excluding hydrogens is 360 g/mol. The number of aromatic nitrogens is 1. The molecule has 0 radical (unpaired) electrons. The van der Waals surface area contributed by atoms with Crippen LogP contribution in [0.3, 0.4) is 0 Å². The minimum absolute atomic E-state index is 0.110. The first kappa shape index (κ1) is 21.6. The molecule has 0 unspecified atom stereocenters. The van der Waals surface area contributed by atoms with Crippen molar-refractivity contribution in [3.63, 3.8) is 0 Å². The summed E-state index contributed by atoms with van der Waals surface area (Å²) in [6.07, 6.45) is 6.53. The molecule has 3 heterocycles. The number of amides is 1. The fourth-order valence-corrected chi connectivity index (χ4v) is 4.74. The Kier molecular flexibility index (Phi) is 7.18. The number of nitriles is 1. The molecule has 2 fully saturated rings. The summed E-state index contributed by atoms with van der Waals surface area (Å²) in [5, 5.41) is 9.66. The van der Waals surface area contributed by atoms with Gasteiger partial charge >= 0.3 is 0 Å². The topological polar surface area (TPSA) is 52.3 Å². The van der Waals surface area contributed by atoms with Crippen LogP contribution in [0.25, 0.3) is 6.08 Å². The average Bonchev–Trinajstić information content (AvgIpc) is 3.29. The molecule has 29 heavy (non-hydrogen) atoms. The molecule has 1 amide bonds. The van der Waals surface area contributed by atoms with E-state index in [0.717, 1.165) is 43.7 Å². The lowest BCUT2D eigenvalue weighted by molar-refractivity contribution is -0.128. The molecule has 2 aliphatic heterocycles. The molecule has 3 rings (SSSR count). The van der Waals surface area contributed by atoms with Crippen LogP contribution in [0.5, 0.6) is 0 Å². The number of rotatable bonds is 6. The van der Waals surface area contributed by atoms with Crippen molar-refractivity contribution in [3.05, 3.63) is 28.6 Å². The van der Waals surface area contributed by atoms with Gasteiger partial charge in [0.05, 0.1) is 0 Å². The molecule has 0 atom stereocenters. The number of hydrogen-bond acceptors (Lipinski definition) is 3. The molecular formula is C24H36N4O. The van der Waals surface area contributed by atoms with Gasteiger partial charge < -0.3 is 14.4 Å². The van der Waals surface area contributed by atoms with Crippen molar-refractivity contribution >= 4 is 12.0 Å². The Hall–Kier alpha value is -2.06. The van der Waals surface area contributed by atoms with Gasteiger partial charge in [-0.3, -0.25) is 4.79 Å². The van der Waals surface area contributed by atoms with E-state index in [1.165, 1.54) is 38.2 Å². The first-order valence-corrected chi connectivity index (χ1v) is 11.2. The minimum Gasteiger partial charge on any atom is -0.348 e. The average molecular weight is 397 g/mol. The lowest BCUT2D eigenvalue weighted by atomic mass is 9.95. The van der Waals surface area contributed by atoms with E-state index in [4.69, 9.17) is 0 Å². The van der Waals surface area contributed by atoms with E-state index in [1.54, 1.807) is 6.08 Å². The van der Waals surface area contributed by atoms with Gasteiger partial charge in [0.1, 0.15) is 11.6 Å². The maximum absolute atomic E-state index is 13.0. The summed E-state index contributed by atoms with van der Waals surface area (Å²) in [5.41, 5.74) is 3.54. The van der Waals surface area contributed by atoms with E-state index in [-0.39, 0.29) is 11.5 Å². The number of likely N-dealkylation sites (tertiary alicyclic amines) is 2. The number of hydrogen-bond donors (Lipinski definition) is 0. The highest BCUT2D eigenvalue weighted by molar-refractivity contribution is 6.01. The van der Waals surface area contributed by atoms with E-state index in [9.17, 15) is 10.1 Å². The standard InChI is InChI=1S/C24H36N4O/c1-18(2)16-28-19(3)13-22(20(28)4)14-23(15-25)24(29)27-11-7-21(8-12-27)17-26-9-5-6-10-26/h13-14,18,21H,5-12,16-17H2,1-4H3/b23-14-. The third-order valence-electron chi connectivity index (χ3n) is 6.43. The van der Waals surface area contributed by atoms with Gasteiger partial charge in [0, 0.05) is 37.6 Å². The van der Waals surface area contributed by atoms with E-state index >= 15 is 0 Å². The normalized spacial score (nSPS) is 19.2. The van der Waals surface area contributed by atoms with Crippen molar-refractivity contribution in [2.75, 3.05) is 32.7 Å². The number of piperidine rings is 1. The van der Waals surface area contributed by atoms with Crippen molar-refractivity contribution in [1.82, 2.24) is 14.4 Å². The largest absolute Gasteiger partial charge is 0.348 e. The predicted octanol–water partition coefficient (Wildman–Crippen LogP) is 4.00. The van der Waals surface area contributed by atoms with Gasteiger partial charge in [0.2, 0.25) is 0 Å². The van der Waals surface area contributed by atoms with Crippen molar-refractivity contribution < 1.29 is 4.79 Å². The van der Waals surface area contributed by atoms with E-state index < -0.39 is 0 Å². The zero-order chi connectivity index (χ0) is 21.0. The molecule has 0 aromatic carbocycles. The first-order chi connectivity index (χ1) is 13.9. The summed E-state index contributed by atoms with van der Waals surface area (Å²) in [4.78, 5) is 17.4. The van der Waals surface area contributed by atoms with Crippen LogP contribution in [0.2, 0.25) is 0 Å². The fraction of sp³-hybridized carbons (Fsp3) is 0.667. The van der Waals surface area contributed by atoms with Crippen molar-refractivity contribution in [3.8, 4) is 6.07 Å². The molecule has 5 nitrogen and oxygen atoms in total. The van der Waals surface area contributed by atoms with E-state index in [0.29, 0.717) is 11.8 Å². The molecule has 1 aromatic rings. The highest BCUT2D eigenvalue weighted by Crippen LogP contribution is 2.24. The van der Waals surface area contributed by atoms with Gasteiger partial charge in [-0.25, -0.2) is 0 Å². The van der Waals surface area contributed by atoms with Crippen LogP contribution in [0, 0.1) is 37.0 Å². The molecule has 5 heteroatoms. The first-order valence-electron chi connectivity index (χ1n) is 11.2. The van der Waals surface area contributed by atoms with Crippen molar-refractivity contribution in [2.24, 2.45) is 11.8 Å². The second kappa shape index (κ2) is 9.63. The van der Waals surface area contributed by atoms with Gasteiger partial charge in [0.25, 0.3) is 5.91 Å². The Balaban J connectivity index is 1.64. The summed E-state index contributed by atoms with van der Waals surface area (Å²) in [6, 6.07) is 4.25. The quantitative estimate of drug-likeness (QED) is 0.539. The van der Waals surface area contributed by atoms with E-state index in [1.807, 2.05) is 4.90 Å². The van der Waals surface area contributed by atoms with Gasteiger partial charge in [-0.2, -0.15) is 5.26 Å². The summed E-state index contributed by atoms with van der Waals surface area (Å²) in [6.45, 7) is 14.7. The molecule has 0 saturated carbocycles. The SMILES string of the molecule is Cc1cc(/C=C(/C#N)C(=O)N2CCC(CN3CCCC3)CC2)c(C)n1CC(C)C. The van der Waals surface area contributed by atoms with Crippen molar-refractivity contribution in [1.29, 1.82) is 5.26 Å². The highest BCUT2D eigenvalue weighted by atomic mass is 16.2. The fourth-order valence-electron chi connectivity index (χ4n) is 4.74. The van der Waals surface area contributed by atoms with Crippen LogP contribution >= 0.6 is 0 Å². The molecule has 0 aliphatic carbocycles. The molecule has 158 valence electrons. The van der Waals surface area contributed by atoms with Crippen LogP contribution in [0.15, 0.2) is 11.6 Å². The van der Waals surface area contributed by atoms with Crippen LogP contribution in [0.4, 0.5) is 0 Å². The third-order valence-corrected chi connectivity index (χ3v) is 6.43. The molecule has 2 aliphatic rings. The van der Waals surface area contributed by atoms with Crippen LogP contribution < -0.4 is 0 Å². The predicted molar refractivity (Wildman–Crippen MR) is 117 cm³/mol. The van der Waals surface area contributed by atoms with Gasteiger partial charge in [-0.05, 0) is 82.2 Å². The Bertz CT molecular complexity index is 785. The molecule has 2 saturated heterocycles. The Morgan fingerprint density at radius 3 is 2.45 bits per heavy atom. The van der Waals surface area contributed by atoms with Crippen LogP contribution in [-0.4, -0.2) is 53.0 Å². The minimum atomic E-state index is -0.110. The monoisotopic (exact) mass is 396 g/mol. The Morgan fingerprint density at radius 2 is 1.86 bits per heavy atom. The maximum Gasteiger partial charge on any atom is 0.264 e. The number of nitrogens with zero attached hydrogens (tertiary/aromatic N) is 4. The molecule has 0 bridgehead atoms. The van der Waals surface area contributed by atoms with Gasteiger partial charge in [-0.15, -0.1) is 0 Å². The zero-order valence-corrected chi connectivity index (χ0v) is 18.6. The smallest absolute Gasteiger partial charge is 0.264 e. The summed E-state index contributed by atoms with van der Waals surface area (Å²) in [7, 11) is 0. The van der Waals surface area contributed by atoms with Gasteiger partial charge in [0.15, 0.2) is 0 Å². The molecule has 0 N–H and O–H groups in total. The van der Waals surface area contributed by atoms with Crippen LogP contribution in [0.1, 0.15) is 56.5 Å². The lowest BCUT2D eigenvalue weighted by Crippen LogP contribution is -2.41. The number of carbonyl (C=O) groups excluding carboxylic acids is 1. The number of aryl methyl sites for hydroxylation is 1. The second-order valence-electron chi connectivity index (χ2n) is 9.24.